The summed E-state index contributed by atoms with van der Waals surface area (Å²) in [6.07, 6.45) is 2.05. The zero-order valence-corrected chi connectivity index (χ0v) is 16.1. The van der Waals surface area contributed by atoms with Gasteiger partial charge in [-0.3, -0.25) is 4.79 Å². The Hall–Kier alpha value is -1.24. The second kappa shape index (κ2) is 7.34. The van der Waals surface area contributed by atoms with Crippen molar-refractivity contribution in [1.82, 2.24) is 0 Å². The highest BCUT2D eigenvalue weighted by atomic mass is 32.2. The molecule has 1 heterocycles. The van der Waals surface area contributed by atoms with Gasteiger partial charge in [-0.15, -0.1) is 0 Å². The fraction of sp³-hybridized carbons (Fsp3) is 0.500. The highest BCUT2D eigenvalue weighted by Crippen LogP contribution is 2.39. The zero-order valence-electron chi connectivity index (χ0n) is 15.3. The molecule has 0 amide bonds. The molecule has 0 aromatic heterocycles. The predicted octanol–water partition coefficient (Wildman–Crippen LogP) is 4.02. The van der Waals surface area contributed by atoms with Gasteiger partial charge < -0.3 is 14.6 Å². The Morgan fingerprint density at radius 2 is 1.88 bits per heavy atom. The van der Waals surface area contributed by atoms with Gasteiger partial charge in [0.05, 0.1) is 11.2 Å². The van der Waals surface area contributed by atoms with Gasteiger partial charge >= 0.3 is 7.12 Å². The third-order valence-corrected chi connectivity index (χ3v) is 5.41. The van der Waals surface area contributed by atoms with E-state index < -0.39 is 18.3 Å². The third-order valence-electron chi connectivity index (χ3n) is 4.53. The van der Waals surface area contributed by atoms with Gasteiger partial charge in [0.15, 0.2) is 5.12 Å². The molecule has 6 heteroatoms. The Morgan fingerprint density at radius 1 is 1.25 bits per heavy atom. The highest BCUT2D eigenvalue weighted by molar-refractivity contribution is 8.13. The summed E-state index contributed by atoms with van der Waals surface area (Å²) >= 11 is 1.27. The van der Waals surface area contributed by atoms with Gasteiger partial charge in [-0.25, -0.2) is 0 Å². The molecule has 0 unspecified atom stereocenters. The van der Waals surface area contributed by atoms with Crippen molar-refractivity contribution in [2.75, 3.05) is 18.1 Å². The Balaban J connectivity index is 2.31. The lowest BCUT2D eigenvalue weighted by atomic mass is 9.78. The summed E-state index contributed by atoms with van der Waals surface area (Å²) in [6.45, 7) is 9.71. The first-order valence-electron chi connectivity index (χ1n) is 8.12. The molecule has 0 radical (unpaired) electrons. The average molecular weight is 347 g/mol. The van der Waals surface area contributed by atoms with Crippen LogP contribution in [-0.4, -0.2) is 36.2 Å². The predicted molar refractivity (Wildman–Crippen MR) is 103 cm³/mol. The molecular formula is C18H26BNO3S. The van der Waals surface area contributed by atoms with Crippen molar-refractivity contribution in [3.8, 4) is 0 Å². The maximum atomic E-state index is 11.4. The molecule has 0 spiro atoms. The average Bonchev–Trinajstić information content (AvgIpc) is 2.71. The van der Waals surface area contributed by atoms with E-state index in [0.717, 1.165) is 16.7 Å². The minimum Gasteiger partial charge on any atom is -0.400 e. The number of thioether (sulfide) groups is 1. The van der Waals surface area contributed by atoms with Crippen LogP contribution in [0.2, 0.25) is 0 Å². The first-order chi connectivity index (χ1) is 11.1. The molecule has 2 rings (SSSR count). The molecule has 24 heavy (non-hydrogen) atoms. The quantitative estimate of drug-likeness (QED) is 0.815. The Morgan fingerprint density at radius 3 is 2.42 bits per heavy atom. The normalized spacial score (nSPS) is 19.4. The van der Waals surface area contributed by atoms with Crippen molar-refractivity contribution in [1.29, 1.82) is 0 Å². The number of hydrogen-bond donors (Lipinski definition) is 1. The second-order valence-corrected chi connectivity index (χ2v) is 8.12. The Kier molecular flexibility index (Phi) is 5.84. The number of carbonyl (C=O) groups excluding carboxylic acids is 1. The summed E-state index contributed by atoms with van der Waals surface area (Å²) in [5, 5.41) is 3.22. The molecule has 1 aliphatic rings. The van der Waals surface area contributed by atoms with Crippen molar-refractivity contribution in [2.45, 2.75) is 45.8 Å². The summed E-state index contributed by atoms with van der Waals surface area (Å²) in [5.74, 6) is 0.552. The van der Waals surface area contributed by atoms with Crippen LogP contribution in [0, 0.1) is 0 Å². The molecule has 0 atom stereocenters. The first-order valence-corrected chi connectivity index (χ1v) is 9.10. The van der Waals surface area contributed by atoms with E-state index in [1.165, 1.54) is 11.8 Å². The largest absolute Gasteiger partial charge is 0.491 e. The SMILES string of the molecule is CNc1cccc(C=C(CSC(C)=O)B2OC(C)(C)C(C)(C)O2)c1. The lowest BCUT2D eigenvalue weighted by Crippen LogP contribution is -2.41. The van der Waals surface area contributed by atoms with E-state index in [-0.39, 0.29) is 5.12 Å². The number of nitrogens with one attached hydrogen (secondary N) is 1. The molecule has 1 saturated heterocycles. The Bertz CT molecular complexity index is 627. The third kappa shape index (κ3) is 4.44. The van der Waals surface area contributed by atoms with Crippen LogP contribution >= 0.6 is 11.8 Å². The number of hydrogen-bond acceptors (Lipinski definition) is 5. The molecule has 4 nitrogen and oxygen atoms in total. The van der Waals surface area contributed by atoms with E-state index in [2.05, 4.69) is 17.5 Å². The molecule has 1 N–H and O–H groups in total. The molecule has 0 aliphatic carbocycles. The van der Waals surface area contributed by atoms with Crippen LogP contribution in [0.4, 0.5) is 5.69 Å². The smallest absolute Gasteiger partial charge is 0.400 e. The van der Waals surface area contributed by atoms with Crippen molar-refractivity contribution in [2.24, 2.45) is 0 Å². The maximum absolute atomic E-state index is 11.4. The highest BCUT2D eigenvalue weighted by Gasteiger charge is 2.52. The van der Waals surface area contributed by atoms with E-state index in [0.29, 0.717) is 5.75 Å². The minimum atomic E-state index is -0.444. The van der Waals surface area contributed by atoms with Gasteiger partial charge in [-0.05, 0) is 50.9 Å². The van der Waals surface area contributed by atoms with E-state index in [1.807, 2.05) is 52.9 Å². The van der Waals surface area contributed by atoms with Gasteiger partial charge in [0, 0.05) is 25.4 Å². The van der Waals surface area contributed by atoms with Crippen LogP contribution in [0.15, 0.2) is 29.7 Å². The summed E-state index contributed by atoms with van der Waals surface area (Å²) in [5.41, 5.74) is 2.25. The summed E-state index contributed by atoms with van der Waals surface area (Å²) in [7, 11) is 1.45. The van der Waals surface area contributed by atoms with E-state index in [1.54, 1.807) is 6.92 Å². The van der Waals surface area contributed by atoms with E-state index in [4.69, 9.17) is 9.31 Å². The Labute approximate surface area is 149 Å². The lowest BCUT2D eigenvalue weighted by Gasteiger charge is -2.32. The van der Waals surface area contributed by atoms with E-state index in [9.17, 15) is 4.79 Å². The van der Waals surface area contributed by atoms with Crippen LogP contribution in [-0.2, 0) is 14.1 Å². The van der Waals surface area contributed by atoms with Gasteiger partial charge in [-0.1, -0.05) is 30.0 Å². The van der Waals surface area contributed by atoms with Gasteiger partial charge in [-0.2, -0.15) is 0 Å². The van der Waals surface area contributed by atoms with Crippen molar-refractivity contribution >= 4 is 35.8 Å². The number of benzene rings is 1. The lowest BCUT2D eigenvalue weighted by molar-refractivity contribution is -0.109. The molecular weight excluding hydrogens is 321 g/mol. The fourth-order valence-electron chi connectivity index (χ4n) is 2.36. The molecule has 0 saturated carbocycles. The molecule has 1 aliphatic heterocycles. The first kappa shape index (κ1) is 19.1. The number of carbonyl (C=O) groups is 1. The standard InChI is InChI=1S/C18H26BNO3S/c1-13(21)24-12-15(10-14-8-7-9-16(11-14)20-6)19-22-17(2,3)18(4,5)23-19/h7-11,20H,12H2,1-6H3. The topological polar surface area (TPSA) is 47.6 Å². The van der Waals surface area contributed by atoms with Crippen LogP contribution in [0.5, 0.6) is 0 Å². The van der Waals surface area contributed by atoms with Crippen LogP contribution in [0.3, 0.4) is 0 Å². The van der Waals surface area contributed by atoms with Crippen molar-refractivity contribution in [3.05, 3.63) is 35.3 Å². The van der Waals surface area contributed by atoms with Crippen molar-refractivity contribution < 1.29 is 14.1 Å². The summed E-state index contributed by atoms with van der Waals surface area (Å²) in [4.78, 5) is 11.4. The molecule has 130 valence electrons. The molecule has 1 aromatic rings. The van der Waals surface area contributed by atoms with Gasteiger partial charge in [0.1, 0.15) is 0 Å². The fourth-order valence-corrected chi connectivity index (χ4v) is 2.94. The number of rotatable bonds is 5. The molecule has 1 aromatic carbocycles. The monoisotopic (exact) mass is 347 g/mol. The van der Waals surface area contributed by atoms with Crippen LogP contribution < -0.4 is 5.32 Å². The maximum Gasteiger partial charge on any atom is 0.491 e. The van der Waals surface area contributed by atoms with E-state index >= 15 is 0 Å². The molecule has 0 bridgehead atoms. The second-order valence-electron chi connectivity index (χ2n) is 6.96. The summed E-state index contributed by atoms with van der Waals surface area (Å²) < 4.78 is 12.3. The number of anilines is 1. The minimum absolute atomic E-state index is 0.0846. The van der Waals surface area contributed by atoms with Crippen molar-refractivity contribution in [3.63, 3.8) is 0 Å². The van der Waals surface area contributed by atoms with Crippen LogP contribution in [0.1, 0.15) is 40.2 Å². The van der Waals surface area contributed by atoms with Crippen LogP contribution in [0.25, 0.3) is 6.08 Å². The summed E-state index contributed by atoms with van der Waals surface area (Å²) in [6, 6.07) is 8.10. The van der Waals surface area contributed by atoms with Gasteiger partial charge in [0.2, 0.25) is 0 Å². The zero-order chi connectivity index (χ0) is 18.0. The molecule has 1 fully saturated rings. The van der Waals surface area contributed by atoms with Gasteiger partial charge in [0.25, 0.3) is 0 Å².